The van der Waals surface area contributed by atoms with Crippen LogP contribution in [0.15, 0.2) is 121 Å². The van der Waals surface area contributed by atoms with Gasteiger partial charge in [-0.15, -0.1) is 0 Å². The van der Waals surface area contributed by atoms with Gasteiger partial charge in [-0.05, 0) is 33.4 Å². The summed E-state index contributed by atoms with van der Waals surface area (Å²) in [6.45, 7) is 2.39. The molecule has 0 spiro atoms. The number of hydrogen-bond acceptors (Lipinski definition) is 8. The summed E-state index contributed by atoms with van der Waals surface area (Å²) in [6, 6.07) is 32.1. The largest absolute Gasteiger partial charge is 0.467 e. The van der Waals surface area contributed by atoms with Crippen LogP contribution in [0.4, 0.5) is 4.79 Å². The van der Waals surface area contributed by atoms with Crippen LogP contribution in [0, 0.1) is 5.92 Å². The minimum Gasteiger partial charge on any atom is -0.467 e. The number of benzene rings is 4. The van der Waals surface area contributed by atoms with Gasteiger partial charge in [-0.2, -0.15) is 0 Å². The number of aliphatic hydroxyl groups excluding tert-OH is 1. The van der Waals surface area contributed by atoms with Gasteiger partial charge >= 0.3 is 12.0 Å². The Morgan fingerprint density at radius 3 is 2.33 bits per heavy atom. The molecule has 2 heterocycles. The zero-order valence-electron chi connectivity index (χ0n) is 29.5. The van der Waals surface area contributed by atoms with Crippen molar-refractivity contribution in [3.63, 3.8) is 0 Å². The first-order chi connectivity index (χ1) is 25.3. The number of aliphatic hydroxyl groups is 1. The Labute approximate surface area is 308 Å². The van der Waals surface area contributed by atoms with Crippen molar-refractivity contribution in [1.82, 2.24) is 20.2 Å². The van der Waals surface area contributed by atoms with Gasteiger partial charge < -0.3 is 34.5 Å². The number of nitrogens with one attached hydrogen (secondary N) is 2. The van der Waals surface area contributed by atoms with E-state index in [2.05, 4.69) is 22.5 Å². The van der Waals surface area contributed by atoms with Gasteiger partial charge in [0.1, 0.15) is 6.04 Å². The van der Waals surface area contributed by atoms with Crippen LogP contribution < -0.4 is 10.6 Å². The maximum atomic E-state index is 13.0. The summed E-state index contributed by atoms with van der Waals surface area (Å²) in [5.74, 6) is 0.251. The maximum absolute atomic E-state index is 13.0. The van der Waals surface area contributed by atoms with E-state index in [0.29, 0.717) is 12.2 Å². The molecule has 5 atom stereocenters. The predicted octanol–water partition coefficient (Wildman–Crippen LogP) is 6.75. The number of carbonyl (C=O) groups is 2. The molecule has 2 amide bonds. The number of thioether (sulfide) groups is 1. The topological polar surface area (TPSA) is 124 Å². The average molecular weight is 721 g/mol. The molecule has 52 heavy (non-hydrogen) atoms. The first-order valence-corrected chi connectivity index (χ1v) is 18.3. The molecule has 270 valence electrons. The number of aromatic nitrogens is 2. The SMILES string of the molecule is COC(=O)[C@H](Cc1ccccc1)NC(=O)NCc1ccccc1-c1ccc([C@@H]2O[C@H](CSc3nccn3C)[C@H](C)[C@H](c3ccc(CO)cc3)O2)cc1. The van der Waals surface area contributed by atoms with Crippen LogP contribution in [0.5, 0.6) is 0 Å². The quantitative estimate of drug-likeness (QED) is 0.0903. The average Bonchev–Trinajstić information content (AvgIpc) is 3.60. The van der Waals surface area contributed by atoms with Crippen LogP contribution in [-0.4, -0.2) is 51.7 Å². The highest BCUT2D eigenvalue weighted by atomic mass is 32.2. The second-order valence-corrected chi connectivity index (χ2v) is 13.8. The lowest BCUT2D eigenvalue weighted by Gasteiger charge is -2.41. The van der Waals surface area contributed by atoms with Crippen molar-refractivity contribution in [2.24, 2.45) is 13.0 Å². The molecule has 11 heteroatoms. The van der Waals surface area contributed by atoms with Crippen molar-refractivity contribution in [1.29, 1.82) is 0 Å². The number of amides is 2. The van der Waals surface area contributed by atoms with E-state index in [9.17, 15) is 14.7 Å². The van der Waals surface area contributed by atoms with Gasteiger partial charge in [-0.1, -0.05) is 122 Å². The van der Waals surface area contributed by atoms with E-state index >= 15 is 0 Å². The molecule has 4 aromatic carbocycles. The number of methoxy groups -OCH3 is 1. The van der Waals surface area contributed by atoms with Crippen LogP contribution in [0.25, 0.3) is 11.1 Å². The summed E-state index contributed by atoms with van der Waals surface area (Å²) in [7, 11) is 3.29. The van der Waals surface area contributed by atoms with E-state index in [1.54, 1.807) is 18.0 Å². The van der Waals surface area contributed by atoms with Crippen molar-refractivity contribution in [3.05, 3.63) is 143 Å². The molecular weight excluding hydrogens is 677 g/mol. The summed E-state index contributed by atoms with van der Waals surface area (Å²) >= 11 is 1.66. The Balaban J connectivity index is 1.15. The predicted molar refractivity (Wildman–Crippen MR) is 200 cm³/mol. The summed E-state index contributed by atoms with van der Waals surface area (Å²) in [6.07, 6.45) is 3.11. The lowest BCUT2D eigenvalue weighted by molar-refractivity contribution is -0.268. The lowest BCUT2D eigenvalue weighted by Crippen LogP contribution is -2.47. The number of carbonyl (C=O) groups excluding carboxylic acids is 2. The summed E-state index contributed by atoms with van der Waals surface area (Å²) < 4.78 is 20.2. The Hall–Kier alpha value is -4.94. The number of imidazole rings is 1. The second-order valence-electron chi connectivity index (χ2n) is 12.8. The van der Waals surface area contributed by atoms with Gasteiger partial charge in [0.2, 0.25) is 0 Å². The van der Waals surface area contributed by atoms with Crippen LogP contribution >= 0.6 is 11.8 Å². The third-order valence-corrected chi connectivity index (χ3v) is 10.4. The highest BCUT2D eigenvalue weighted by Gasteiger charge is 2.38. The number of nitrogens with zero attached hydrogens (tertiary/aromatic N) is 2. The maximum Gasteiger partial charge on any atom is 0.328 e. The molecular formula is C41H44N4O6S. The van der Waals surface area contributed by atoms with Crippen molar-refractivity contribution in [2.75, 3.05) is 12.9 Å². The van der Waals surface area contributed by atoms with Crippen LogP contribution in [0.3, 0.4) is 0 Å². The molecule has 0 aliphatic carbocycles. The minimum absolute atomic E-state index is 0.0145. The van der Waals surface area contributed by atoms with Crippen molar-refractivity contribution in [3.8, 4) is 11.1 Å². The molecule has 1 aliphatic rings. The van der Waals surface area contributed by atoms with Gasteiger partial charge in [0, 0.05) is 49.6 Å². The third kappa shape index (κ3) is 9.10. The summed E-state index contributed by atoms with van der Waals surface area (Å²) in [5, 5.41) is 16.2. The Bertz CT molecular complexity index is 1920. The van der Waals surface area contributed by atoms with Gasteiger partial charge in [0.15, 0.2) is 11.4 Å². The molecule has 0 radical (unpaired) electrons. The van der Waals surface area contributed by atoms with Crippen LogP contribution in [0.2, 0.25) is 0 Å². The molecule has 5 aromatic rings. The third-order valence-electron chi connectivity index (χ3n) is 9.30. The normalized spacial score (nSPS) is 19.1. The number of ether oxygens (including phenoxy) is 3. The highest BCUT2D eigenvalue weighted by Crippen LogP contribution is 2.43. The highest BCUT2D eigenvalue weighted by molar-refractivity contribution is 7.99. The van der Waals surface area contributed by atoms with Crippen LogP contribution in [-0.2, 0) is 45.6 Å². The number of hydrogen-bond donors (Lipinski definition) is 3. The van der Waals surface area contributed by atoms with Crippen molar-refractivity contribution < 1.29 is 28.9 Å². The monoisotopic (exact) mass is 720 g/mol. The van der Waals surface area contributed by atoms with Crippen LogP contribution in [0.1, 0.15) is 47.1 Å². The fourth-order valence-electron chi connectivity index (χ4n) is 6.30. The summed E-state index contributed by atoms with van der Waals surface area (Å²) in [5.41, 5.74) is 6.54. The van der Waals surface area contributed by atoms with Gasteiger partial charge in [0.25, 0.3) is 0 Å². The molecule has 10 nitrogen and oxygen atoms in total. The first kappa shape index (κ1) is 36.8. The molecule has 0 unspecified atom stereocenters. The summed E-state index contributed by atoms with van der Waals surface area (Å²) in [4.78, 5) is 29.9. The van der Waals surface area contributed by atoms with E-state index in [1.807, 2.05) is 121 Å². The number of aryl methyl sites for hydroxylation is 1. The lowest BCUT2D eigenvalue weighted by atomic mass is 9.91. The molecule has 1 aliphatic heterocycles. The number of rotatable bonds is 13. The smallest absolute Gasteiger partial charge is 0.328 e. The van der Waals surface area contributed by atoms with E-state index < -0.39 is 24.3 Å². The van der Waals surface area contributed by atoms with E-state index in [0.717, 1.165) is 44.1 Å². The molecule has 1 saturated heterocycles. The molecule has 3 N–H and O–H groups in total. The van der Waals surface area contributed by atoms with Crippen molar-refractivity contribution in [2.45, 2.75) is 56.2 Å². The van der Waals surface area contributed by atoms with Gasteiger partial charge in [-0.25, -0.2) is 14.6 Å². The van der Waals surface area contributed by atoms with Gasteiger partial charge in [-0.3, -0.25) is 0 Å². The molecule has 1 fully saturated rings. The van der Waals surface area contributed by atoms with Crippen molar-refractivity contribution >= 4 is 23.8 Å². The molecule has 0 saturated carbocycles. The number of esters is 1. The Morgan fingerprint density at radius 1 is 0.923 bits per heavy atom. The standard InChI is InChI=1S/C41H44N4O6S/c1-27-36(26-52-41-42-21-22-45(41)2)50-39(51-37(27)31-15-13-29(25-46)14-16-31)32-19-17-30(18-20-32)34-12-8-7-11-33(34)24-43-40(48)44-35(38(47)49-3)23-28-9-5-4-6-10-28/h4-22,27,35-37,39,46H,23-26H2,1-3H3,(H2,43,44,48)/t27-,35-,36+,37+,39+/m0/s1. The molecule has 0 bridgehead atoms. The first-order valence-electron chi connectivity index (χ1n) is 17.3. The minimum atomic E-state index is -0.824. The second kappa shape index (κ2) is 17.5. The molecule has 1 aromatic heterocycles. The van der Waals surface area contributed by atoms with E-state index in [1.165, 1.54) is 7.11 Å². The van der Waals surface area contributed by atoms with E-state index in [-0.39, 0.29) is 31.3 Å². The van der Waals surface area contributed by atoms with Gasteiger partial charge in [0.05, 0.1) is 25.9 Å². The Morgan fingerprint density at radius 2 is 1.63 bits per heavy atom. The zero-order chi connectivity index (χ0) is 36.5. The Kier molecular flexibility index (Phi) is 12.4. The van der Waals surface area contributed by atoms with E-state index in [4.69, 9.17) is 14.2 Å². The fraction of sp³-hybridized carbons (Fsp3) is 0.293. The fourth-order valence-corrected chi connectivity index (χ4v) is 7.40. The number of urea groups is 1. The molecule has 6 rings (SSSR count). The zero-order valence-corrected chi connectivity index (χ0v) is 30.3.